The summed E-state index contributed by atoms with van der Waals surface area (Å²) in [6.45, 7) is 0.0602. The molecule has 0 aromatic carbocycles. The van der Waals surface area contributed by atoms with E-state index in [0.29, 0.717) is 0 Å². The van der Waals surface area contributed by atoms with Crippen molar-refractivity contribution >= 4 is 0 Å². The molecule has 1 aliphatic carbocycles. The summed E-state index contributed by atoms with van der Waals surface area (Å²) in [4.78, 5) is 4.24. The maximum Gasteiger partial charge on any atom is 0.128 e. The predicted octanol–water partition coefficient (Wildman–Crippen LogP) is 1.41. The molecule has 3 heteroatoms. The molecule has 60 valence electrons. The third-order valence-electron chi connectivity index (χ3n) is 2.17. The first kappa shape index (κ1) is 7.95. The van der Waals surface area contributed by atoms with E-state index in [1.54, 1.807) is 0 Å². The van der Waals surface area contributed by atoms with Gasteiger partial charge in [0.05, 0.1) is 6.61 Å². The first-order valence-electron chi connectivity index (χ1n) is 3.80. The lowest BCUT2D eigenvalue weighted by Crippen LogP contribution is -2.21. The van der Waals surface area contributed by atoms with Crippen LogP contribution in [0.2, 0.25) is 0 Å². The van der Waals surface area contributed by atoms with Gasteiger partial charge in [-0.3, -0.25) is 0 Å². The van der Waals surface area contributed by atoms with Crippen LogP contribution in [-0.4, -0.2) is 12.8 Å². The van der Waals surface area contributed by atoms with E-state index in [9.17, 15) is 4.39 Å². The zero-order valence-corrected chi connectivity index (χ0v) is 6.05. The average Bonchev–Trinajstić information content (AvgIpc) is 2.38. The van der Waals surface area contributed by atoms with Gasteiger partial charge in [0.25, 0.3) is 0 Å². The smallest absolute Gasteiger partial charge is 0.128 e. The van der Waals surface area contributed by atoms with Gasteiger partial charge in [-0.15, -0.1) is 0 Å². The highest BCUT2D eigenvalue weighted by Gasteiger charge is 2.24. The molecule has 0 bridgehead atoms. The van der Waals surface area contributed by atoms with Gasteiger partial charge in [0, 0.05) is 0 Å². The fraction of sp³-hybridized carbons (Fsp3) is 1.00. The molecule has 0 spiro atoms. The summed E-state index contributed by atoms with van der Waals surface area (Å²) in [5.74, 6) is 4.97. The Balaban J connectivity index is 2.18. The van der Waals surface area contributed by atoms with Crippen LogP contribution >= 0.6 is 0 Å². The summed E-state index contributed by atoms with van der Waals surface area (Å²) in [5.41, 5.74) is 0. The van der Waals surface area contributed by atoms with Crippen molar-refractivity contribution in [1.82, 2.24) is 0 Å². The van der Waals surface area contributed by atoms with E-state index in [2.05, 4.69) is 4.84 Å². The topological polar surface area (TPSA) is 35.2 Å². The Morgan fingerprint density at radius 1 is 1.50 bits per heavy atom. The quantitative estimate of drug-likeness (QED) is 0.612. The molecule has 0 amide bonds. The summed E-state index contributed by atoms with van der Waals surface area (Å²) in [6, 6.07) is 0. The first-order valence-corrected chi connectivity index (χ1v) is 3.80. The molecular weight excluding hydrogens is 133 g/mol. The minimum atomic E-state index is -0.840. The summed E-state index contributed by atoms with van der Waals surface area (Å²) in [5, 5.41) is 0. The van der Waals surface area contributed by atoms with Crippen LogP contribution in [0.25, 0.3) is 0 Å². The molecule has 0 aromatic rings. The molecule has 1 rings (SSSR count). The van der Waals surface area contributed by atoms with Crippen LogP contribution in [0.4, 0.5) is 4.39 Å². The molecule has 2 nitrogen and oxygen atoms in total. The Kier molecular flexibility index (Phi) is 3.09. The van der Waals surface area contributed by atoms with E-state index in [-0.39, 0.29) is 12.5 Å². The molecular formula is C7H14FNO. The minimum Gasteiger partial charge on any atom is -0.302 e. The molecule has 0 heterocycles. The zero-order chi connectivity index (χ0) is 7.40. The van der Waals surface area contributed by atoms with Gasteiger partial charge >= 0.3 is 0 Å². The Morgan fingerprint density at radius 3 is 2.60 bits per heavy atom. The maximum atomic E-state index is 12.9. The van der Waals surface area contributed by atoms with E-state index in [0.717, 1.165) is 25.7 Å². The van der Waals surface area contributed by atoms with Gasteiger partial charge in [-0.05, 0) is 18.8 Å². The van der Waals surface area contributed by atoms with Crippen molar-refractivity contribution in [1.29, 1.82) is 0 Å². The van der Waals surface area contributed by atoms with Crippen molar-refractivity contribution in [3.8, 4) is 0 Å². The molecule has 2 N–H and O–H groups in total. The second-order valence-electron chi connectivity index (χ2n) is 2.89. The molecule has 10 heavy (non-hydrogen) atoms. The van der Waals surface area contributed by atoms with Crippen molar-refractivity contribution in [2.45, 2.75) is 31.9 Å². The molecule has 0 aromatic heterocycles. The summed E-state index contributed by atoms with van der Waals surface area (Å²) in [6.07, 6.45) is 3.49. The monoisotopic (exact) mass is 147 g/mol. The number of hydrogen-bond donors (Lipinski definition) is 1. The van der Waals surface area contributed by atoms with Crippen LogP contribution in [0.1, 0.15) is 25.7 Å². The van der Waals surface area contributed by atoms with Gasteiger partial charge in [-0.1, -0.05) is 12.8 Å². The zero-order valence-electron chi connectivity index (χ0n) is 6.05. The third-order valence-corrected chi connectivity index (χ3v) is 2.17. The summed E-state index contributed by atoms with van der Waals surface area (Å²) in [7, 11) is 0. The Morgan fingerprint density at radius 2 is 2.10 bits per heavy atom. The number of nitrogens with two attached hydrogens (primary N) is 1. The third kappa shape index (κ3) is 1.92. The molecule has 0 aliphatic heterocycles. The summed E-state index contributed by atoms with van der Waals surface area (Å²) < 4.78 is 12.9. The van der Waals surface area contributed by atoms with Crippen molar-refractivity contribution in [2.75, 3.05) is 6.61 Å². The lowest BCUT2D eigenvalue weighted by atomic mass is 10.0. The number of rotatable bonds is 3. The lowest BCUT2D eigenvalue weighted by Gasteiger charge is -2.12. The minimum absolute atomic E-state index is 0.0602. The second-order valence-corrected chi connectivity index (χ2v) is 2.89. The molecule has 1 unspecified atom stereocenters. The number of alkyl halides is 1. The maximum absolute atomic E-state index is 12.9. The van der Waals surface area contributed by atoms with E-state index in [1.807, 2.05) is 0 Å². The predicted molar refractivity (Wildman–Crippen MR) is 37.0 cm³/mol. The largest absolute Gasteiger partial charge is 0.302 e. The average molecular weight is 147 g/mol. The number of hydrogen-bond acceptors (Lipinski definition) is 2. The number of halogens is 1. The van der Waals surface area contributed by atoms with Gasteiger partial charge in [0.15, 0.2) is 0 Å². The van der Waals surface area contributed by atoms with E-state index < -0.39 is 6.17 Å². The van der Waals surface area contributed by atoms with Crippen LogP contribution in [0.3, 0.4) is 0 Å². The van der Waals surface area contributed by atoms with Crippen LogP contribution in [0, 0.1) is 5.92 Å². The van der Waals surface area contributed by atoms with E-state index >= 15 is 0 Å². The van der Waals surface area contributed by atoms with Crippen molar-refractivity contribution in [3.63, 3.8) is 0 Å². The first-order chi connectivity index (χ1) is 4.84. The Bertz CT molecular complexity index is 93.6. The standard InChI is InChI=1S/C7H14FNO/c8-7(5-10-9)6-3-1-2-4-6/h6-7H,1-5,9H2. The second kappa shape index (κ2) is 3.88. The Labute approximate surface area is 60.5 Å². The van der Waals surface area contributed by atoms with E-state index in [1.165, 1.54) is 0 Å². The van der Waals surface area contributed by atoms with Gasteiger partial charge in [-0.2, -0.15) is 0 Å². The SMILES string of the molecule is NOCC(F)C1CCCC1. The Hall–Kier alpha value is -0.150. The van der Waals surface area contributed by atoms with Gasteiger partial charge in [-0.25, -0.2) is 10.3 Å². The molecule has 1 fully saturated rings. The lowest BCUT2D eigenvalue weighted by molar-refractivity contribution is 0.0558. The molecule has 0 saturated heterocycles. The highest BCUT2D eigenvalue weighted by atomic mass is 19.1. The molecule has 0 radical (unpaired) electrons. The van der Waals surface area contributed by atoms with Crippen molar-refractivity contribution in [3.05, 3.63) is 0 Å². The molecule has 1 atom stereocenters. The highest BCUT2D eigenvalue weighted by Crippen LogP contribution is 2.29. The fourth-order valence-electron chi connectivity index (χ4n) is 1.55. The van der Waals surface area contributed by atoms with Gasteiger partial charge in [0.1, 0.15) is 6.17 Å². The van der Waals surface area contributed by atoms with Gasteiger partial charge < -0.3 is 4.84 Å². The van der Waals surface area contributed by atoms with Crippen LogP contribution in [0.15, 0.2) is 0 Å². The van der Waals surface area contributed by atoms with Crippen LogP contribution < -0.4 is 5.90 Å². The summed E-state index contributed by atoms with van der Waals surface area (Å²) >= 11 is 0. The highest BCUT2D eigenvalue weighted by molar-refractivity contribution is 4.74. The molecule has 1 aliphatic rings. The normalized spacial score (nSPS) is 23.4. The van der Waals surface area contributed by atoms with Crippen LogP contribution in [-0.2, 0) is 4.84 Å². The molecule has 1 saturated carbocycles. The van der Waals surface area contributed by atoms with Crippen molar-refractivity contribution in [2.24, 2.45) is 11.8 Å². The van der Waals surface area contributed by atoms with Gasteiger partial charge in [0.2, 0.25) is 0 Å². The van der Waals surface area contributed by atoms with E-state index in [4.69, 9.17) is 5.90 Å². The van der Waals surface area contributed by atoms with Crippen molar-refractivity contribution < 1.29 is 9.23 Å². The fourth-order valence-corrected chi connectivity index (χ4v) is 1.55. The van der Waals surface area contributed by atoms with Crippen LogP contribution in [0.5, 0.6) is 0 Å².